The van der Waals surface area contributed by atoms with Gasteiger partial charge in [0.25, 0.3) is 5.91 Å². The van der Waals surface area contributed by atoms with E-state index >= 15 is 0 Å². The number of amides is 1. The van der Waals surface area contributed by atoms with E-state index in [2.05, 4.69) is 5.16 Å². The zero-order chi connectivity index (χ0) is 23.8. The van der Waals surface area contributed by atoms with Gasteiger partial charge in [-0.2, -0.15) is 0 Å². The second-order valence-electron chi connectivity index (χ2n) is 8.72. The molecule has 3 aliphatic carbocycles. The van der Waals surface area contributed by atoms with Crippen LogP contribution in [0.4, 0.5) is 0 Å². The van der Waals surface area contributed by atoms with Crippen LogP contribution in [-0.4, -0.2) is 48.7 Å². The van der Waals surface area contributed by atoms with Crippen molar-refractivity contribution in [1.29, 1.82) is 0 Å². The van der Waals surface area contributed by atoms with Crippen molar-refractivity contribution in [3.8, 4) is 17.1 Å². The molecule has 3 unspecified atom stereocenters. The van der Waals surface area contributed by atoms with Crippen molar-refractivity contribution in [3.63, 3.8) is 0 Å². The van der Waals surface area contributed by atoms with Crippen LogP contribution >= 0.6 is 0 Å². The molecule has 3 aliphatic rings. The normalized spacial score (nSPS) is 26.7. The Morgan fingerprint density at radius 3 is 2.58 bits per heavy atom. The summed E-state index contributed by atoms with van der Waals surface area (Å²) in [6, 6.07) is 4.66. The molecule has 10 nitrogen and oxygen atoms in total. The van der Waals surface area contributed by atoms with Crippen molar-refractivity contribution >= 4 is 23.2 Å². The number of aromatic nitrogens is 1. The monoisotopic (exact) mass is 452 g/mol. The van der Waals surface area contributed by atoms with Crippen LogP contribution in [0.1, 0.15) is 29.7 Å². The number of carbonyl (C=O) groups excluding carboxylic acids is 3. The zero-order valence-corrected chi connectivity index (χ0v) is 17.5. The van der Waals surface area contributed by atoms with Gasteiger partial charge in [0.2, 0.25) is 5.78 Å². The van der Waals surface area contributed by atoms with Gasteiger partial charge in [0, 0.05) is 29.5 Å². The number of nitrogens with zero attached hydrogens (tertiary/aromatic N) is 1. The lowest BCUT2D eigenvalue weighted by atomic mass is 9.59. The van der Waals surface area contributed by atoms with Gasteiger partial charge < -0.3 is 30.7 Å². The smallest absolute Gasteiger partial charge is 0.255 e. The van der Waals surface area contributed by atoms with E-state index in [1.54, 1.807) is 19.1 Å². The Hall–Kier alpha value is -3.92. The van der Waals surface area contributed by atoms with Gasteiger partial charge in [-0.1, -0.05) is 5.16 Å². The summed E-state index contributed by atoms with van der Waals surface area (Å²) in [5, 5.41) is 47.3. The zero-order valence-electron chi connectivity index (χ0n) is 17.5. The second kappa shape index (κ2) is 6.79. The van der Waals surface area contributed by atoms with Gasteiger partial charge in [-0.05, 0) is 43.4 Å². The Bertz CT molecular complexity index is 1330. The summed E-state index contributed by atoms with van der Waals surface area (Å²) >= 11 is 0. The first-order valence-electron chi connectivity index (χ1n) is 10.3. The number of phenolic OH excluding ortho intramolecular Hbond substituents is 1. The average molecular weight is 452 g/mol. The standard InChI is InChI=1S/C23H20N2O8/c1-8-4-15(33-25-8)11-2-3-13(26)17-12(11)6-9-5-10-7-14(27)18(22(24)31)21(30)23(10,32)20(29)16(9)19(17)28/h2-4,9-10,26,28,30,32H,5-7H2,1H3,(H2,24,31). The summed E-state index contributed by atoms with van der Waals surface area (Å²) < 4.78 is 5.35. The number of nitrogens with two attached hydrogens (primary N) is 1. The lowest BCUT2D eigenvalue weighted by molar-refractivity contribution is -0.147. The highest BCUT2D eigenvalue weighted by Crippen LogP contribution is 2.53. The minimum absolute atomic E-state index is 0.00804. The number of aliphatic hydroxyl groups excluding tert-OH is 2. The maximum Gasteiger partial charge on any atom is 0.255 e. The third kappa shape index (κ3) is 2.70. The number of Topliss-reactive ketones (excluding diaryl/α,β-unsaturated/α-hetero) is 2. The summed E-state index contributed by atoms with van der Waals surface area (Å²) in [5.41, 5.74) is 3.33. The molecule has 1 aromatic heterocycles. The first-order chi connectivity index (χ1) is 15.6. The number of hydrogen-bond donors (Lipinski definition) is 5. The highest BCUT2D eigenvalue weighted by atomic mass is 16.5. The minimum atomic E-state index is -2.58. The van der Waals surface area contributed by atoms with Gasteiger partial charge in [-0.15, -0.1) is 0 Å². The average Bonchev–Trinajstić information content (AvgIpc) is 3.16. The van der Waals surface area contributed by atoms with Crippen molar-refractivity contribution in [2.24, 2.45) is 17.6 Å². The van der Waals surface area contributed by atoms with Crippen LogP contribution in [0.2, 0.25) is 0 Å². The van der Waals surface area contributed by atoms with Crippen LogP contribution in [-0.2, 0) is 20.8 Å². The van der Waals surface area contributed by atoms with Crippen LogP contribution in [0, 0.1) is 18.8 Å². The number of carbonyl (C=O) groups is 3. The van der Waals surface area contributed by atoms with E-state index in [-0.39, 0.29) is 36.1 Å². The van der Waals surface area contributed by atoms with Gasteiger partial charge in [0.1, 0.15) is 22.8 Å². The van der Waals surface area contributed by atoms with E-state index in [0.29, 0.717) is 22.6 Å². The SMILES string of the molecule is Cc1cc(-c2ccc(O)c3c2CC2CC4CC(=O)C(C(N)=O)=C(O)C4(O)C(=O)C2=C3O)on1. The van der Waals surface area contributed by atoms with E-state index in [9.17, 15) is 34.8 Å². The summed E-state index contributed by atoms with van der Waals surface area (Å²) in [6.07, 6.45) is -0.110. The van der Waals surface area contributed by atoms with Crippen molar-refractivity contribution in [2.45, 2.75) is 31.8 Å². The molecule has 33 heavy (non-hydrogen) atoms. The lowest BCUT2D eigenvalue weighted by Crippen LogP contribution is -2.58. The second-order valence-corrected chi connectivity index (χ2v) is 8.72. The molecule has 1 saturated carbocycles. The number of aryl methyl sites for hydroxylation is 1. The number of ketones is 2. The van der Waals surface area contributed by atoms with Crippen molar-refractivity contribution in [3.05, 3.63) is 51.9 Å². The molecule has 6 N–H and O–H groups in total. The Kier molecular flexibility index (Phi) is 4.31. The number of primary amides is 1. The number of fused-ring (bicyclic) bond motifs is 3. The number of phenols is 1. The fourth-order valence-electron chi connectivity index (χ4n) is 5.34. The van der Waals surface area contributed by atoms with E-state index in [0.717, 1.165) is 0 Å². The maximum absolute atomic E-state index is 13.5. The van der Waals surface area contributed by atoms with Gasteiger partial charge in [0.15, 0.2) is 17.1 Å². The first kappa shape index (κ1) is 21.0. The van der Waals surface area contributed by atoms with E-state index in [1.807, 2.05) is 0 Å². The molecule has 0 bridgehead atoms. The van der Waals surface area contributed by atoms with Crippen LogP contribution in [0.3, 0.4) is 0 Å². The summed E-state index contributed by atoms with van der Waals surface area (Å²) in [6.45, 7) is 1.75. The Labute approximate surface area is 186 Å². The fraction of sp³-hybridized carbons (Fsp3) is 0.304. The molecule has 3 atom stereocenters. The van der Waals surface area contributed by atoms with E-state index in [1.165, 1.54) is 6.07 Å². The first-order valence-corrected chi connectivity index (χ1v) is 10.3. The molecule has 0 radical (unpaired) electrons. The Morgan fingerprint density at radius 2 is 1.94 bits per heavy atom. The molecular weight excluding hydrogens is 432 g/mol. The predicted molar refractivity (Wildman–Crippen MR) is 112 cm³/mol. The van der Waals surface area contributed by atoms with E-state index in [4.69, 9.17) is 10.3 Å². The van der Waals surface area contributed by atoms with Gasteiger partial charge in [0.05, 0.1) is 11.3 Å². The largest absolute Gasteiger partial charge is 0.508 e. The molecular formula is C23H20N2O8. The highest BCUT2D eigenvalue weighted by molar-refractivity contribution is 6.22. The fourth-order valence-corrected chi connectivity index (χ4v) is 5.34. The molecule has 1 heterocycles. The number of aromatic hydroxyl groups is 1. The Balaban J connectivity index is 1.71. The molecule has 5 rings (SSSR count). The molecule has 0 aliphatic heterocycles. The number of rotatable bonds is 2. The third-order valence-electron chi connectivity index (χ3n) is 6.84. The highest BCUT2D eigenvalue weighted by Gasteiger charge is 2.60. The number of hydrogen-bond acceptors (Lipinski definition) is 9. The van der Waals surface area contributed by atoms with E-state index < -0.39 is 52.0 Å². The van der Waals surface area contributed by atoms with Gasteiger partial charge >= 0.3 is 0 Å². The van der Waals surface area contributed by atoms with Crippen LogP contribution < -0.4 is 5.73 Å². The molecule has 1 aromatic carbocycles. The lowest BCUT2D eigenvalue weighted by Gasteiger charge is -2.46. The maximum atomic E-state index is 13.5. The Morgan fingerprint density at radius 1 is 1.21 bits per heavy atom. The summed E-state index contributed by atoms with van der Waals surface area (Å²) in [7, 11) is 0. The van der Waals surface area contributed by atoms with Crippen molar-refractivity contribution < 1.29 is 39.3 Å². The quantitative estimate of drug-likeness (QED) is 0.420. The van der Waals surface area contributed by atoms with Gasteiger partial charge in [-0.25, -0.2) is 0 Å². The van der Waals surface area contributed by atoms with Gasteiger partial charge in [-0.3, -0.25) is 14.4 Å². The molecule has 2 aromatic rings. The molecule has 1 amide bonds. The number of benzene rings is 1. The third-order valence-corrected chi connectivity index (χ3v) is 6.84. The summed E-state index contributed by atoms with van der Waals surface area (Å²) in [4.78, 5) is 37.5. The van der Waals surface area contributed by atoms with Crippen LogP contribution in [0.25, 0.3) is 17.1 Å². The van der Waals surface area contributed by atoms with Crippen molar-refractivity contribution in [2.75, 3.05) is 0 Å². The van der Waals surface area contributed by atoms with Crippen molar-refractivity contribution in [1.82, 2.24) is 5.16 Å². The minimum Gasteiger partial charge on any atom is -0.508 e. The molecule has 0 saturated heterocycles. The predicted octanol–water partition coefficient (Wildman–Crippen LogP) is 1.39. The molecule has 0 spiro atoms. The number of aliphatic hydroxyl groups is 3. The summed E-state index contributed by atoms with van der Waals surface area (Å²) in [5.74, 6) is -6.18. The molecule has 10 heteroatoms. The van der Waals surface area contributed by atoms with Crippen LogP contribution in [0.15, 0.2) is 39.6 Å². The molecule has 1 fully saturated rings. The molecule has 170 valence electrons. The van der Waals surface area contributed by atoms with Crippen LogP contribution in [0.5, 0.6) is 5.75 Å². The topological polar surface area (TPSA) is 184 Å².